The molecule has 0 unspecified atom stereocenters. The zero-order chi connectivity index (χ0) is 9.97. The lowest BCUT2D eigenvalue weighted by molar-refractivity contribution is 0.0714. The van der Waals surface area contributed by atoms with E-state index >= 15 is 0 Å². The Labute approximate surface area is 99.9 Å². The number of nitrogens with one attached hydrogen (secondary N) is 1. The summed E-state index contributed by atoms with van der Waals surface area (Å²) in [4.78, 5) is 14.7. The lowest BCUT2D eigenvalue weighted by Gasteiger charge is -2.31. The third-order valence-corrected chi connectivity index (χ3v) is 3.25. The molecule has 2 heterocycles. The molecule has 0 aliphatic carbocycles. The van der Waals surface area contributed by atoms with Gasteiger partial charge in [-0.05, 0) is 18.4 Å². The van der Waals surface area contributed by atoms with E-state index < -0.39 is 0 Å². The second-order valence-electron chi connectivity index (χ2n) is 3.58. The second kappa shape index (κ2) is 5.49. The van der Waals surface area contributed by atoms with Gasteiger partial charge in [0.25, 0.3) is 5.91 Å². The quantitative estimate of drug-likeness (QED) is 0.817. The standard InChI is InChI=1S/C10H14N2OS.ClH/c1-8-7-12(5-4-11-8)10(13)9-3-2-6-14-9;/h2-3,6,8,11H,4-5,7H2,1H3;1H/t8-;/m1./s1. The van der Waals surface area contributed by atoms with Gasteiger partial charge >= 0.3 is 0 Å². The van der Waals surface area contributed by atoms with E-state index in [2.05, 4.69) is 12.2 Å². The van der Waals surface area contributed by atoms with Gasteiger partial charge in [0, 0.05) is 25.7 Å². The average Bonchev–Trinajstić information content (AvgIpc) is 2.69. The maximum atomic E-state index is 11.9. The number of carbonyl (C=O) groups is 1. The average molecular weight is 247 g/mol. The molecule has 1 N–H and O–H groups in total. The van der Waals surface area contributed by atoms with E-state index in [1.807, 2.05) is 22.4 Å². The molecule has 0 spiro atoms. The zero-order valence-electron chi connectivity index (χ0n) is 8.60. The molecule has 1 aromatic heterocycles. The maximum absolute atomic E-state index is 11.9. The molecule has 15 heavy (non-hydrogen) atoms. The van der Waals surface area contributed by atoms with Crippen LogP contribution in [0.3, 0.4) is 0 Å². The lowest BCUT2D eigenvalue weighted by Crippen LogP contribution is -2.51. The van der Waals surface area contributed by atoms with Crippen molar-refractivity contribution in [3.05, 3.63) is 22.4 Å². The summed E-state index contributed by atoms with van der Waals surface area (Å²) in [5, 5.41) is 5.26. The summed E-state index contributed by atoms with van der Waals surface area (Å²) in [6, 6.07) is 4.22. The van der Waals surface area contributed by atoms with Gasteiger partial charge < -0.3 is 10.2 Å². The third-order valence-electron chi connectivity index (χ3n) is 2.39. The Morgan fingerprint density at radius 3 is 3.07 bits per heavy atom. The van der Waals surface area contributed by atoms with E-state index in [4.69, 9.17) is 0 Å². The largest absolute Gasteiger partial charge is 0.335 e. The molecular formula is C10H15ClN2OS. The van der Waals surface area contributed by atoms with Crippen molar-refractivity contribution in [3.8, 4) is 0 Å². The summed E-state index contributed by atoms with van der Waals surface area (Å²) in [5.74, 6) is 0.174. The number of hydrogen-bond acceptors (Lipinski definition) is 3. The number of halogens is 1. The molecular weight excluding hydrogens is 232 g/mol. The lowest BCUT2D eigenvalue weighted by atomic mass is 10.2. The fraction of sp³-hybridized carbons (Fsp3) is 0.500. The Balaban J connectivity index is 0.00000112. The van der Waals surface area contributed by atoms with Gasteiger partial charge in [0.15, 0.2) is 0 Å². The van der Waals surface area contributed by atoms with Crippen molar-refractivity contribution >= 4 is 29.7 Å². The molecule has 1 aliphatic heterocycles. The van der Waals surface area contributed by atoms with Crippen molar-refractivity contribution in [1.29, 1.82) is 0 Å². The molecule has 5 heteroatoms. The van der Waals surface area contributed by atoms with E-state index in [1.165, 1.54) is 11.3 Å². The molecule has 1 aliphatic rings. The van der Waals surface area contributed by atoms with Crippen molar-refractivity contribution in [2.24, 2.45) is 0 Å². The van der Waals surface area contributed by atoms with Crippen LogP contribution in [0.2, 0.25) is 0 Å². The van der Waals surface area contributed by atoms with Gasteiger partial charge in [-0.1, -0.05) is 6.07 Å². The van der Waals surface area contributed by atoms with Gasteiger partial charge in [-0.15, -0.1) is 23.7 Å². The fourth-order valence-corrected chi connectivity index (χ4v) is 2.36. The molecule has 2 rings (SSSR count). The van der Waals surface area contributed by atoms with Gasteiger partial charge in [-0.3, -0.25) is 4.79 Å². The van der Waals surface area contributed by atoms with Gasteiger partial charge in [-0.25, -0.2) is 0 Å². The predicted molar refractivity (Wildman–Crippen MR) is 64.9 cm³/mol. The van der Waals surface area contributed by atoms with E-state index in [1.54, 1.807) is 0 Å². The topological polar surface area (TPSA) is 32.3 Å². The van der Waals surface area contributed by atoms with Crippen molar-refractivity contribution in [1.82, 2.24) is 10.2 Å². The van der Waals surface area contributed by atoms with E-state index in [0.717, 1.165) is 24.5 Å². The minimum absolute atomic E-state index is 0. The van der Waals surface area contributed by atoms with Crippen molar-refractivity contribution in [3.63, 3.8) is 0 Å². The molecule has 1 saturated heterocycles. The highest BCUT2D eigenvalue weighted by Crippen LogP contribution is 2.13. The molecule has 1 amide bonds. The van der Waals surface area contributed by atoms with Gasteiger partial charge in [0.05, 0.1) is 4.88 Å². The van der Waals surface area contributed by atoms with Crippen LogP contribution >= 0.6 is 23.7 Å². The highest BCUT2D eigenvalue weighted by atomic mass is 35.5. The number of hydrogen-bond donors (Lipinski definition) is 1. The molecule has 84 valence electrons. The third kappa shape index (κ3) is 2.93. The first-order valence-corrected chi connectivity index (χ1v) is 5.71. The van der Waals surface area contributed by atoms with Crippen LogP contribution in [0.15, 0.2) is 17.5 Å². The van der Waals surface area contributed by atoms with Crippen molar-refractivity contribution < 1.29 is 4.79 Å². The summed E-state index contributed by atoms with van der Waals surface area (Å²) in [7, 11) is 0. The van der Waals surface area contributed by atoms with E-state index in [9.17, 15) is 4.79 Å². The maximum Gasteiger partial charge on any atom is 0.264 e. The van der Waals surface area contributed by atoms with Crippen molar-refractivity contribution in [2.45, 2.75) is 13.0 Å². The zero-order valence-corrected chi connectivity index (χ0v) is 10.2. The summed E-state index contributed by atoms with van der Waals surface area (Å²) >= 11 is 1.51. The Morgan fingerprint density at radius 1 is 1.67 bits per heavy atom. The summed E-state index contributed by atoms with van der Waals surface area (Å²) in [6.07, 6.45) is 0. The molecule has 0 saturated carbocycles. The SMILES string of the molecule is C[C@@H]1CN(C(=O)c2cccs2)CCN1.Cl. The minimum atomic E-state index is 0. The fourth-order valence-electron chi connectivity index (χ4n) is 1.67. The molecule has 1 aromatic rings. The van der Waals surface area contributed by atoms with Crippen molar-refractivity contribution in [2.75, 3.05) is 19.6 Å². The summed E-state index contributed by atoms with van der Waals surface area (Å²) in [5.41, 5.74) is 0. The van der Waals surface area contributed by atoms with Crippen LogP contribution in [0.25, 0.3) is 0 Å². The molecule has 3 nitrogen and oxygen atoms in total. The minimum Gasteiger partial charge on any atom is -0.335 e. The Hall–Kier alpha value is -0.580. The number of nitrogens with zero attached hydrogens (tertiary/aromatic N) is 1. The normalized spacial score (nSPS) is 20.9. The van der Waals surface area contributed by atoms with Crippen LogP contribution in [0.1, 0.15) is 16.6 Å². The second-order valence-corrected chi connectivity index (χ2v) is 4.53. The first kappa shape index (κ1) is 12.5. The first-order valence-electron chi connectivity index (χ1n) is 4.83. The predicted octanol–water partition coefficient (Wildman–Crippen LogP) is 1.60. The van der Waals surface area contributed by atoms with Crippen LogP contribution in [0, 0.1) is 0 Å². The van der Waals surface area contributed by atoms with Gasteiger partial charge in [0.2, 0.25) is 0 Å². The Morgan fingerprint density at radius 2 is 2.47 bits per heavy atom. The van der Waals surface area contributed by atoms with Gasteiger partial charge in [-0.2, -0.15) is 0 Å². The van der Waals surface area contributed by atoms with Crippen LogP contribution in [0.5, 0.6) is 0 Å². The summed E-state index contributed by atoms with van der Waals surface area (Å²) in [6.45, 7) is 4.64. The molecule has 0 radical (unpaired) electrons. The number of carbonyl (C=O) groups excluding carboxylic acids is 1. The number of amides is 1. The van der Waals surface area contributed by atoms with Crippen LogP contribution in [0.4, 0.5) is 0 Å². The monoisotopic (exact) mass is 246 g/mol. The molecule has 0 aromatic carbocycles. The summed E-state index contributed by atoms with van der Waals surface area (Å²) < 4.78 is 0. The smallest absolute Gasteiger partial charge is 0.264 e. The van der Waals surface area contributed by atoms with Crippen LogP contribution in [-0.4, -0.2) is 36.5 Å². The van der Waals surface area contributed by atoms with Crippen LogP contribution in [-0.2, 0) is 0 Å². The van der Waals surface area contributed by atoms with E-state index in [-0.39, 0.29) is 18.3 Å². The number of rotatable bonds is 1. The van der Waals surface area contributed by atoms with Crippen LogP contribution < -0.4 is 5.32 Å². The van der Waals surface area contributed by atoms with Gasteiger partial charge in [0.1, 0.15) is 0 Å². The number of piperazine rings is 1. The molecule has 1 atom stereocenters. The molecule has 0 bridgehead atoms. The number of thiophene rings is 1. The highest BCUT2D eigenvalue weighted by Gasteiger charge is 2.21. The Bertz CT molecular complexity index is 315. The van der Waals surface area contributed by atoms with E-state index in [0.29, 0.717) is 6.04 Å². The first-order chi connectivity index (χ1) is 6.77. The Kier molecular flexibility index (Phi) is 4.57. The highest BCUT2D eigenvalue weighted by molar-refractivity contribution is 7.12. The molecule has 1 fully saturated rings.